The molecule has 0 saturated carbocycles. The number of carbonyl (C=O) groups excluding carboxylic acids is 1. The van der Waals surface area contributed by atoms with Crippen molar-refractivity contribution in [2.45, 2.75) is 36.9 Å². The number of carbonyl (C=O) groups is 1. The Morgan fingerprint density at radius 2 is 2.09 bits per heavy atom. The van der Waals surface area contributed by atoms with Gasteiger partial charge >= 0.3 is 0 Å². The number of nitrogens with one attached hydrogen (secondary N) is 3. The summed E-state index contributed by atoms with van der Waals surface area (Å²) in [6.07, 6.45) is 0. The Morgan fingerprint density at radius 1 is 1.30 bits per heavy atom. The van der Waals surface area contributed by atoms with E-state index in [2.05, 4.69) is 32.7 Å². The average molecular weight is 470 g/mol. The molecule has 1 fully saturated rings. The molecule has 1 saturated heterocycles. The lowest BCUT2D eigenvalue weighted by Gasteiger charge is -2.35. The number of rotatable bonds is 7. The molecule has 1 aliphatic rings. The highest BCUT2D eigenvalue weighted by atomic mass is 32.2. The number of aromatic amines is 1. The van der Waals surface area contributed by atoms with Gasteiger partial charge in [0.05, 0.1) is 26.4 Å². The number of morpholine rings is 1. The molecule has 10 nitrogen and oxygen atoms in total. The number of hydrogen-bond acceptors (Lipinski definition) is 9. The number of hydrogen-bond donors (Lipinski definition) is 3. The van der Waals surface area contributed by atoms with E-state index in [9.17, 15) is 4.79 Å². The molecule has 0 radical (unpaired) electrons. The van der Waals surface area contributed by atoms with E-state index in [1.807, 2.05) is 37.3 Å². The maximum Gasteiger partial charge on any atom is 0.221 e. The number of benzene rings is 1. The second-order valence-corrected chi connectivity index (χ2v) is 8.74. The summed E-state index contributed by atoms with van der Waals surface area (Å²) >= 11 is 1.43. The summed E-state index contributed by atoms with van der Waals surface area (Å²) in [6.45, 7) is 7.44. The number of aromatic nitrogens is 4. The highest BCUT2D eigenvalue weighted by molar-refractivity contribution is 7.99. The lowest BCUT2D eigenvalue weighted by atomic mass is 10.2. The molecule has 1 unspecified atom stereocenters. The summed E-state index contributed by atoms with van der Waals surface area (Å²) in [5, 5.41) is 13.8. The first-order valence-corrected chi connectivity index (χ1v) is 11.4. The maximum absolute atomic E-state index is 11.3. The Balaban J connectivity index is 1.70. The van der Waals surface area contributed by atoms with Gasteiger partial charge in [-0.2, -0.15) is 5.10 Å². The first kappa shape index (κ1) is 22.9. The van der Waals surface area contributed by atoms with Gasteiger partial charge in [0.2, 0.25) is 11.7 Å². The van der Waals surface area contributed by atoms with Crippen LogP contribution in [-0.2, 0) is 9.53 Å². The largest absolute Gasteiger partial charge is 0.490 e. The van der Waals surface area contributed by atoms with E-state index < -0.39 is 0 Å². The van der Waals surface area contributed by atoms with Crippen LogP contribution in [0.25, 0.3) is 0 Å². The Kier molecular flexibility index (Phi) is 6.99. The lowest BCUT2D eigenvalue weighted by molar-refractivity contribution is -0.114. The summed E-state index contributed by atoms with van der Waals surface area (Å²) in [4.78, 5) is 24.0. The molecular weight excluding hydrogens is 442 g/mol. The van der Waals surface area contributed by atoms with Crippen molar-refractivity contribution in [2.24, 2.45) is 0 Å². The molecule has 3 heterocycles. The molecule has 3 aromatic rings. The van der Waals surface area contributed by atoms with Gasteiger partial charge in [0.25, 0.3) is 0 Å². The molecule has 3 N–H and O–H groups in total. The van der Waals surface area contributed by atoms with Crippen LogP contribution in [0.5, 0.6) is 5.75 Å². The predicted octanol–water partition coefficient (Wildman–Crippen LogP) is 3.60. The van der Waals surface area contributed by atoms with Gasteiger partial charge in [0.1, 0.15) is 0 Å². The molecule has 0 bridgehead atoms. The number of amides is 1. The third-order valence-electron chi connectivity index (χ3n) is 5.01. The Bertz CT molecular complexity index is 1120. The van der Waals surface area contributed by atoms with Crippen LogP contribution in [0.3, 0.4) is 0 Å². The fourth-order valence-electron chi connectivity index (χ4n) is 3.49. The molecule has 0 spiro atoms. The van der Waals surface area contributed by atoms with Crippen LogP contribution >= 0.6 is 11.8 Å². The zero-order chi connectivity index (χ0) is 23.4. The van der Waals surface area contributed by atoms with Crippen LogP contribution in [0.1, 0.15) is 19.5 Å². The van der Waals surface area contributed by atoms with Crippen molar-refractivity contribution in [1.29, 1.82) is 0 Å². The van der Waals surface area contributed by atoms with E-state index in [1.54, 1.807) is 7.11 Å². The van der Waals surface area contributed by atoms with Crippen molar-refractivity contribution in [3.8, 4) is 5.75 Å². The van der Waals surface area contributed by atoms with Crippen LogP contribution in [0, 0.1) is 6.92 Å². The summed E-state index contributed by atoms with van der Waals surface area (Å²) in [5.74, 6) is 2.32. The Labute approximate surface area is 196 Å². The second kappa shape index (κ2) is 10.1. The normalized spacial score (nSPS) is 15.9. The monoisotopic (exact) mass is 469 g/mol. The molecule has 0 aliphatic carbocycles. The van der Waals surface area contributed by atoms with Crippen molar-refractivity contribution in [1.82, 2.24) is 20.2 Å². The molecule has 1 amide bonds. The number of ether oxygens (including phenoxy) is 2. The van der Waals surface area contributed by atoms with Gasteiger partial charge in [0.15, 0.2) is 22.6 Å². The number of anilines is 4. The van der Waals surface area contributed by atoms with Crippen LogP contribution in [0.15, 0.2) is 40.4 Å². The van der Waals surface area contributed by atoms with Crippen molar-refractivity contribution in [3.63, 3.8) is 0 Å². The minimum atomic E-state index is -0.109. The molecule has 33 heavy (non-hydrogen) atoms. The summed E-state index contributed by atoms with van der Waals surface area (Å²) in [5.41, 5.74) is 1.67. The molecule has 174 valence electrons. The SMILES string of the molecule is COc1c(Nc2cc(C)[nH]n2)nc(Sc2ccc(NC(C)=O)cc2)nc1N1CCOCC1C. The van der Waals surface area contributed by atoms with Crippen LogP contribution in [0.4, 0.5) is 23.1 Å². The minimum absolute atomic E-state index is 0.109. The smallest absolute Gasteiger partial charge is 0.221 e. The number of H-pyrrole nitrogens is 1. The highest BCUT2D eigenvalue weighted by Crippen LogP contribution is 2.39. The second-order valence-electron chi connectivity index (χ2n) is 7.70. The predicted molar refractivity (Wildman–Crippen MR) is 128 cm³/mol. The van der Waals surface area contributed by atoms with Gasteiger partial charge in [0, 0.05) is 35.8 Å². The number of nitrogens with zero attached hydrogens (tertiary/aromatic N) is 4. The third-order valence-corrected chi connectivity index (χ3v) is 5.88. The van der Waals surface area contributed by atoms with E-state index in [1.165, 1.54) is 18.7 Å². The lowest BCUT2D eigenvalue weighted by Crippen LogP contribution is -2.44. The van der Waals surface area contributed by atoms with E-state index in [0.29, 0.717) is 48.1 Å². The van der Waals surface area contributed by atoms with Gasteiger partial charge < -0.3 is 25.0 Å². The average Bonchev–Trinajstić information content (AvgIpc) is 3.19. The van der Waals surface area contributed by atoms with Crippen molar-refractivity contribution < 1.29 is 14.3 Å². The van der Waals surface area contributed by atoms with Crippen molar-refractivity contribution in [3.05, 3.63) is 36.0 Å². The van der Waals surface area contributed by atoms with Crippen molar-refractivity contribution in [2.75, 3.05) is 42.4 Å². The summed E-state index contributed by atoms with van der Waals surface area (Å²) < 4.78 is 11.4. The molecule has 1 atom stereocenters. The first-order valence-electron chi connectivity index (χ1n) is 10.6. The molecule has 1 aliphatic heterocycles. The van der Waals surface area contributed by atoms with Crippen LogP contribution in [0.2, 0.25) is 0 Å². The Hall–Kier alpha value is -3.31. The molecule has 11 heteroatoms. The minimum Gasteiger partial charge on any atom is -0.490 e. The van der Waals surface area contributed by atoms with E-state index >= 15 is 0 Å². The summed E-state index contributed by atoms with van der Waals surface area (Å²) in [7, 11) is 1.61. The molecular formula is C22H27N7O3S. The zero-order valence-electron chi connectivity index (χ0n) is 19.0. The van der Waals surface area contributed by atoms with Gasteiger partial charge in [-0.25, -0.2) is 9.97 Å². The number of aryl methyl sites for hydroxylation is 1. The fraction of sp³-hybridized carbons (Fsp3) is 0.364. The van der Waals surface area contributed by atoms with E-state index in [-0.39, 0.29) is 11.9 Å². The van der Waals surface area contributed by atoms with Crippen LogP contribution in [-0.4, -0.2) is 59.0 Å². The van der Waals surface area contributed by atoms with E-state index in [4.69, 9.17) is 19.4 Å². The fourth-order valence-corrected chi connectivity index (χ4v) is 4.24. The number of methoxy groups -OCH3 is 1. The van der Waals surface area contributed by atoms with Gasteiger partial charge in [-0.3, -0.25) is 9.89 Å². The third kappa shape index (κ3) is 5.55. The van der Waals surface area contributed by atoms with Gasteiger partial charge in [-0.1, -0.05) is 0 Å². The molecule has 4 rings (SSSR count). The standard InChI is InChI=1S/C22H27N7O3S/c1-13-11-18(28-27-13)24-20-19(31-4)21(29-9-10-32-12-14(29)2)26-22(25-20)33-17-7-5-16(6-8-17)23-15(3)30/h5-8,11,14H,9-10,12H2,1-4H3,(H,23,30)(H2,24,25,26,27,28). The quantitative estimate of drug-likeness (QED) is 0.446. The van der Waals surface area contributed by atoms with Crippen LogP contribution < -0.4 is 20.3 Å². The highest BCUT2D eigenvalue weighted by Gasteiger charge is 2.27. The first-order chi connectivity index (χ1) is 15.9. The van der Waals surface area contributed by atoms with Crippen molar-refractivity contribution >= 4 is 40.8 Å². The summed E-state index contributed by atoms with van der Waals surface area (Å²) in [6, 6.07) is 9.58. The van der Waals surface area contributed by atoms with Gasteiger partial charge in [-0.15, -0.1) is 0 Å². The Morgan fingerprint density at radius 3 is 2.73 bits per heavy atom. The van der Waals surface area contributed by atoms with E-state index in [0.717, 1.165) is 16.3 Å². The molecule has 1 aromatic carbocycles. The topological polar surface area (TPSA) is 117 Å². The molecule has 2 aromatic heterocycles. The maximum atomic E-state index is 11.3. The van der Waals surface area contributed by atoms with Gasteiger partial charge in [-0.05, 0) is 49.9 Å². The zero-order valence-corrected chi connectivity index (χ0v) is 19.8.